The molecule has 3 aromatic rings. The minimum Gasteiger partial charge on any atom is -0.340 e. The van der Waals surface area contributed by atoms with Crippen LogP contribution in [0.25, 0.3) is 10.8 Å². The molecule has 10 heteroatoms. The van der Waals surface area contributed by atoms with E-state index in [0.717, 1.165) is 22.8 Å². The number of benzene rings is 3. The molecule has 1 aliphatic heterocycles. The third kappa shape index (κ3) is 6.46. The van der Waals surface area contributed by atoms with Crippen LogP contribution in [-0.2, 0) is 14.8 Å². The number of nitrogens with one attached hydrogen (secondary N) is 2. The lowest BCUT2D eigenvalue weighted by Gasteiger charge is -2.35. The highest BCUT2D eigenvalue weighted by atomic mass is 32.2. The van der Waals surface area contributed by atoms with Crippen molar-refractivity contribution in [2.75, 3.05) is 39.0 Å². The summed E-state index contributed by atoms with van der Waals surface area (Å²) in [4.78, 5) is 28.6. The smallest absolute Gasteiger partial charge is 0.252 e. The van der Waals surface area contributed by atoms with Gasteiger partial charge >= 0.3 is 0 Å². The average molecular weight is 553 g/mol. The fraction of sp³-hybridized carbons (Fsp3) is 0.379. The molecular formula is C29H33FN4O4S. The predicted octanol–water partition coefficient (Wildman–Crippen LogP) is 2.72. The summed E-state index contributed by atoms with van der Waals surface area (Å²) in [7, 11) is -3.32. The van der Waals surface area contributed by atoms with Gasteiger partial charge in [-0.15, -0.1) is 0 Å². The number of halogens is 1. The molecule has 39 heavy (non-hydrogen) atoms. The molecule has 0 bridgehead atoms. The standard InChI is InChI=1S/C29H33FN4O4S/c1-39(37,38)34-17-15-33(16-18-34)29(36)26(13-14-31-27-19-25(27)21-9-11-22(30)12-10-21)32-28(35)24-8-4-6-20-5-2-3-7-23(20)24/h2-12,25-27,31H,13-19H2,1H3,(H,32,35)/t25-,26-,27+/m0/s1. The topological polar surface area (TPSA) is 98.8 Å². The summed E-state index contributed by atoms with van der Waals surface area (Å²) >= 11 is 0. The lowest BCUT2D eigenvalue weighted by atomic mass is 10.0. The molecular weight excluding hydrogens is 519 g/mol. The Kier molecular flexibility index (Phi) is 7.97. The summed E-state index contributed by atoms with van der Waals surface area (Å²) in [6.45, 7) is 1.52. The zero-order chi connectivity index (χ0) is 27.6. The van der Waals surface area contributed by atoms with Gasteiger partial charge in [-0.2, -0.15) is 4.31 Å². The van der Waals surface area contributed by atoms with Crippen LogP contribution in [-0.4, -0.2) is 80.5 Å². The van der Waals surface area contributed by atoms with Crippen LogP contribution in [0.1, 0.15) is 34.7 Å². The molecule has 0 unspecified atom stereocenters. The van der Waals surface area contributed by atoms with E-state index in [1.807, 2.05) is 36.4 Å². The third-order valence-corrected chi connectivity index (χ3v) is 8.89. The Morgan fingerprint density at radius 1 is 0.974 bits per heavy atom. The van der Waals surface area contributed by atoms with Gasteiger partial charge in [-0.25, -0.2) is 12.8 Å². The van der Waals surface area contributed by atoms with Gasteiger partial charge in [0.2, 0.25) is 15.9 Å². The predicted molar refractivity (Wildman–Crippen MR) is 148 cm³/mol. The minimum atomic E-state index is -3.32. The highest BCUT2D eigenvalue weighted by Crippen LogP contribution is 2.40. The second kappa shape index (κ2) is 11.4. The number of carbonyl (C=O) groups excluding carboxylic acids is 2. The van der Waals surface area contributed by atoms with Crippen LogP contribution >= 0.6 is 0 Å². The molecule has 1 aliphatic carbocycles. The van der Waals surface area contributed by atoms with E-state index < -0.39 is 16.1 Å². The maximum atomic E-state index is 13.6. The van der Waals surface area contributed by atoms with E-state index in [1.54, 1.807) is 23.1 Å². The van der Waals surface area contributed by atoms with Crippen LogP contribution in [0, 0.1) is 5.82 Å². The van der Waals surface area contributed by atoms with Gasteiger partial charge < -0.3 is 15.5 Å². The molecule has 3 atom stereocenters. The first-order valence-electron chi connectivity index (χ1n) is 13.2. The number of sulfonamides is 1. The summed E-state index contributed by atoms with van der Waals surface area (Å²) in [6, 6.07) is 19.1. The summed E-state index contributed by atoms with van der Waals surface area (Å²) in [5, 5.41) is 8.18. The quantitative estimate of drug-likeness (QED) is 0.426. The number of fused-ring (bicyclic) bond motifs is 1. The van der Waals surface area contributed by atoms with E-state index in [4.69, 9.17) is 0 Å². The number of carbonyl (C=O) groups is 2. The number of hydrogen-bond acceptors (Lipinski definition) is 5. The average Bonchev–Trinajstić information content (AvgIpc) is 3.71. The zero-order valence-corrected chi connectivity index (χ0v) is 22.7. The minimum absolute atomic E-state index is 0.218. The number of amides is 2. The van der Waals surface area contributed by atoms with Crippen molar-refractivity contribution in [3.63, 3.8) is 0 Å². The van der Waals surface area contributed by atoms with Gasteiger partial charge in [-0.3, -0.25) is 9.59 Å². The van der Waals surface area contributed by atoms with Crippen molar-refractivity contribution in [3.05, 3.63) is 83.7 Å². The van der Waals surface area contributed by atoms with Crippen LogP contribution in [0.15, 0.2) is 66.7 Å². The van der Waals surface area contributed by atoms with Crippen LogP contribution in [0.2, 0.25) is 0 Å². The highest BCUT2D eigenvalue weighted by molar-refractivity contribution is 7.88. The number of piperazine rings is 1. The SMILES string of the molecule is CS(=O)(=O)N1CCN(C(=O)[C@H](CCN[C@@H]2C[C@H]2c2ccc(F)cc2)NC(=O)c2cccc3ccccc23)CC1. The molecule has 206 valence electrons. The van der Waals surface area contributed by atoms with Crippen molar-refractivity contribution in [2.45, 2.75) is 30.8 Å². The fourth-order valence-corrected chi connectivity index (χ4v) is 6.12. The van der Waals surface area contributed by atoms with Crippen LogP contribution in [0.5, 0.6) is 0 Å². The lowest BCUT2D eigenvalue weighted by molar-refractivity contribution is -0.134. The summed E-state index contributed by atoms with van der Waals surface area (Å²) in [5.74, 6) is -0.501. The molecule has 8 nitrogen and oxygen atoms in total. The van der Waals surface area contributed by atoms with E-state index in [0.29, 0.717) is 24.4 Å². The molecule has 0 radical (unpaired) electrons. The van der Waals surface area contributed by atoms with E-state index >= 15 is 0 Å². The first kappa shape index (κ1) is 27.2. The molecule has 0 aromatic heterocycles. The van der Waals surface area contributed by atoms with Crippen molar-refractivity contribution in [1.29, 1.82) is 0 Å². The Morgan fingerprint density at radius 2 is 1.67 bits per heavy atom. The summed E-state index contributed by atoms with van der Waals surface area (Å²) < 4.78 is 38.4. The molecule has 1 saturated carbocycles. The van der Waals surface area contributed by atoms with Crippen molar-refractivity contribution >= 4 is 32.6 Å². The van der Waals surface area contributed by atoms with Crippen molar-refractivity contribution in [3.8, 4) is 0 Å². The Morgan fingerprint density at radius 3 is 2.38 bits per heavy atom. The molecule has 0 spiro atoms. The fourth-order valence-electron chi connectivity index (χ4n) is 5.29. The Labute approximate surface area is 228 Å². The van der Waals surface area contributed by atoms with Crippen molar-refractivity contribution in [2.24, 2.45) is 0 Å². The van der Waals surface area contributed by atoms with Crippen LogP contribution in [0.3, 0.4) is 0 Å². The molecule has 2 N–H and O–H groups in total. The van der Waals surface area contributed by atoms with Crippen molar-refractivity contribution < 1.29 is 22.4 Å². The Hall–Kier alpha value is -3.34. The first-order chi connectivity index (χ1) is 18.7. The van der Waals surface area contributed by atoms with Crippen LogP contribution < -0.4 is 10.6 Å². The summed E-state index contributed by atoms with van der Waals surface area (Å²) in [5.41, 5.74) is 1.58. The maximum absolute atomic E-state index is 13.6. The van der Waals surface area contributed by atoms with Gasteiger partial charge in [0.15, 0.2) is 0 Å². The zero-order valence-electron chi connectivity index (χ0n) is 21.8. The Balaban J connectivity index is 1.26. The van der Waals surface area contributed by atoms with Gasteiger partial charge in [0, 0.05) is 43.7 Å². The van der Waals surface area contributed by atoms with E-state index in [9.17, 15) is 22.4 Å². The molecule has 1 heterocycles. The van der Waals surface area contributed by atoms with E-state index in [2.05, 4.69) is 10.6 Å². The second-order valence-electron chi connectivity index (χ2n) is 10.3. The molecule has 2 amide bonds. The first-order valence-corrected chi connectivity index (χ1v) is 15.1. The highest BCUT2D eigenvalue weighted by Gasteiger charge is 2.38. The lowest BCUT2D eigenvalue weighted by Crippen LogP contribution is -2.56. The van der Waals surface area contributed by atoms with Gasteiger partial charge in [-0.05, 0) is 53.9 Å². The summed E-state index contributed by atoms with van der Waals surface area (Å²) in [6.07, 6.45) is 2.48. The maximum Gasteiger partial charge on any atom is 0.252 e. The van der Waals surface area contributed by atoms with Crippen molar-refractivity contribution in [1.82, 2.24) is 19.8 Å². The van der Waals surface area contributed by atoms with Gasteiger partial charge in [0.25, 0.3) is 5.91 Å². The monoisotopic (exact) mass is 552 g/mol. The van der Waals surface area contributed by atoms with E-state index in [-0.39, 0.29) is 49.9 Å². The normalized spacial score (nSPS) is 20.5. The van der Waals surface area contributed by atoms with Gasteiger partial charge in [-0.1, -0.05) is 48.5 Å². The van der Waals surface area contributed by atoms with Gasteiger partial charge in [0.1, 0.15) is 11.9 Å². The van der Waals surface area contributed by atoms with Gasteiger partial charge in [0.05, 0.1) is 6.26 Å². The molecule has 2 fully saturated rings. The molecule has 2 aliphatic rings. The number of hydrogen-bond donors (Lipinski definition) is 2. The molecule has 5 rings (SSSR count). The Bertz CT molecular complexity index is 1450. The second-order valence-corrected chi connectivity index (χ2v) is 12.3. The molecule has 1 saturated heterocycles. The largest absolute Gasteiger partial charge is 0.340 e. The molecule has 3 aromatic carbocycles. The third-order valence-electron chi connectivity index (χ3n) is 7.59. The van der Waals surface area contributed by atoms with Crippen LogP contribution in [0.4, 0.5) is 4.39 Å². The number of rotatable bonds is 9. The number of nitrogens with zero attached hydrogens (tertiary/aromatic N) is 2. The van der Waals surface area contributed by atoms with E-state index in [1.165, 1.54) is 22.7 Å².